The van der Waals surface area contributed by atoms with E-state index in [0.717, 1.165) is 50.3 Å². The molecular weight excluding hydrogens is 340 g/mol. The molecule has 6 heteroatoms. The Balaban J connectivity index is 1.24. The number of benzene rings is 1. The fourth-order valence-electron chi connectivity index (χ4n) is 3.90. The summed E-state index contributed by atoms with van der Waals surface area (Å²) in [4.78, 5) is 14.4. The third kappa shape index (κ3) is 4.56. The predicted molar refractivity (Wildman–Crippen MR) is 104 cm³/mol. The first-order valence-corrected chi connectivity index (χ1v) is 9.84. The van der Waals surface area contributed by atoms with E-state index < -0.39 is 0 Å². The highest BCUT2D eigenvalue weighted by molar-refractivity contribution is 5.77. The molecule has 0 radical (unpaired) electrons. The van der Waals surface area contributed by atoms with Crippen LogP contribution in [0.15, 0.2) is 36.5 Å². The Hall–Kier alpha value is -2.63. The summed E-state index contributed by atoms with van der Waals surface area (Å²) in [6, 6.07) is 10.4. The summed E-state index contributed by atoms with van der Waals surface area (Å²) in [7, 11) is 0. The van der Waals surface area contributed by atoms with Crippen LogP contribution in [0.25, 0.3) is 0 Å². The third-order valence-corrected chi connectivity index (χ3v) is 5.45. The van der Waals surface area contributed by atoms with Gasteiger partial charge in [0, 0.05) is 25.3 Å². The minimum atomic E-state index is 0.0608. The van der Waals surface area contributed by atoms with Crippen molar-refractivity contribution < 1.29 is 9.53 Å². The number of hydrogen-bond acceptors (Lipinski definition) is 5. The van der Waals surface area contributed by atoms with Crippen molar-refractivity contribution in [2.45, 2.75) is 44.6 Å². The van der Waals surface area contributed by atoms with Crippen LogP contribution >= 0.6 is 0 Å². The number of anilines is 1. The molecule has 1 aliphatic carbocycles. The van der Waals surface area contributed by atoms with Crippen LogP contribution in [0.5, 0.6) is 5.75 Å². The third-order valence-electron chi connectivity index (χ3n) is 5.45. The average molecular weight is 366 g/mol. The van der Waals surface area contributed by atoms with Crippen LogP contribution < -0.4 is 10.1 Å². The van der Waals surface area contributed by atoms with Crippen LogP contribution in [0.4, 0.5) is 5.82 Å². The van der Waals surface area contributed by atoms with Gasteiger partial charge in [-0.3, -0.25) is 4.79 Å². The number of amides is 1. The molecule has 1 fully saturated rings. The molecule has 2 aromatic rings. The number of aryl methyl sites for hydroxylation is 2. The molecule has 1 aromatic heterocycles. The smallest absolute Gasteiger partial charge is 0.260 e. The molecule has 1 saturated heterocycles. The average Bonchev–Trinajstić information content (AvgIpc) is 2.73. The molecule has 6 nitrogen and oxygen atoms in total. The van der Waals surface area contributed by atoms with Gasteiger partial charge in [-0.05, 0) is 73.9 Å². The summed E-state index contributed by atoms with van der Waals surface area (Å²) in [5.74, 6) is 1.66. The van der Waals surface area contributed by atoms with Gasteiger partial charge in [-0.2, -0.15) is 5.10 Å². The minimum absolute atomic E-state index is 0.0608. The Bertz CT molecular complexity index is 773. The molecule has 4 rings (SSSR count). The van der Waals surface area contributed by atoms with Gasteiger partial charge in [0.1, 0.15) is 11.6 Å². The highest BCUT2D eigenvalue weighted by Crippen LogP contribution is 2.25. The maximum atomic E-state index is 12.5. The van der Waals surface area contributed by atoms with E-state index in [0.29, 0.717) is 6.04 Å². The van der Waals surface area contributed by atoms with Gasteiger partial charge in [0.05, 0.1) is 0 Å². The molecule has 1 aliphatic heterocycles. The highest BCUT2D eigenvalue weighted by atomic mass is 16.5. The van der Waals surface area contributed by atoms with E-state index in [1.165, 1.54) is 24.0 Å². The SMILES string of the molecule is O=C(COc1ccc2c(c1)CCCC2)N1CCC(Nc2cccnn2)CC1. The van der Waals surface area contributed by atoms with Gasteiger partial charge < -0.3 is 15.0 Å². The molecule has 0 spiro atoms. The number of hydrogen-bond donors (Lipinski definition) is 1. The largest absolute Gasteiger partial charge is 0.484 e. The number of rotatable bonds is 5. The van der Waals surface area contributed by atoms with Crippen molar-refractivity contribution in [3.05, 3.63) is 47.7 Å². The fourth-order valence-corrected chi connectivity index (χ4v) is 3.90. The summed E-state index contributed by atoms with van der Waals surface area (Å²) >= 11 is 0. The summed E-state index contributed by atoms with van der Waals surface area (Å²) in [6.45, 7) is 1.59. The number of piperidine rings is 1. The van der Waals surface area contributed by atoms with Crippen LogP contribution in [-0.2, 0) is 17.6 Å². The molecule has 1 N–H and O–H groups in total. The fraction of sp³-hybridized carbons (Fsp3) is 0.476. The second kappa shape index (κ2) is 8.37. The van der Waals surface area contributed by atoms with Crippen molar-refractivity contribution >= 4 is 11.7 Å². The van der Waals surface area contributed by atoms with Crippen molar-refractivity contribution in [2.24, 2.45) is 0 Å². The predicted octanol–water partition coefficient (Wildman–Crippen LogP) is 2.84. The monoisotopic (exact) mass is 366 g/mol. The normalized spacial score (nSPS) is 17.3. The molecule has 2 aliphatic rings. The standard InChI is InChI=1S/C21H26N4O2/c26-21(15-27-19-8-7-16-4-1-2-5-17(16)14-19)25-12-9-18(10-13-25)23-20-6-3-11-22-24-20/h3,6-8,11,14,18H,1-2,4-5,9-10,12-13,15H2,(H,23,24). The summed E-state index contributed by atoms with van der Waals surface area (Å²) in [6.07, 6.45) is 8.26. The molecule has 142 valence electrons. The zero-order valence-electron chi connectivity index (χ0n) is 15.6. The molecule has 1 aromatic carbocycles. The molecule has 27 heavy (non-hydrogen) atoms. The van der Waals surface area contributed by atoms with E-state index in [1.54, 1.807) is 6.20 Å². The lowest BCUT2D eigenvalue weighted by Gasteiger charge is -2.32. The van der Waals surface area contributed by atoms with Crippen molar-refractivity contribution in [1.29, 1.82) is 0 Å². The molecule has 0 atom stereocenters. The van der Waals surface area contributed by atoms with E-state index in [-0.39, 0.29) is 12.5 Å². The van der Waals surface area contributed by atoms with Gasteiger partial charge in [-0.25, -0.2) is 0 Å². The minimum Gasteiger partial charge on any atom is -0.484 e. The molecule has 0 unspecified atom stereocenters. The number of ether oxygens (including phenoxy) is 1. The Labute approximate surface area is 159 Å². The Kier molecular flexibility index (Phi) is 5.51. The number of carbonyl (C=O) groups is 1. The zero-order valence-corrected chi connectivity index (χ0v) is 15.6. The van der Waals surface area contributed by atoms with Crippen LogP contribution in [-0.4, -0.2) is 46.7 Å². The number of nitrogens with zero attached hydrogens (tertiary/aromatic N) is 3. The molecular formula is C21H26N4O2. The quantitative estimate of drug-likeness (QED) is 0.881. The zero-order chi connectivity index (χ0) is 18.5. The van der Waals surface area contributed by atoms with Gasteiger partial charge in [0.15, 0.2) is 6.61 Å². The maximum Gasteiger partial charge on any atom is 0.260 e. The molecule has 1 amide bonds. The lowest BCUT2D eigenvalue weighted by Crippen LogP contribution is -2.44. The number of fused-ring (bicyclic) bond motifs is 1. The first kappa shape index (κ1) is 17.8. The number of carbonyl (C=O) groups excluding carboxylic acids is 1. The molecule has 0 saturated carbocycles. The first-order valence-electron chi connectivity index (χ1n) is 9.84. The van der Waals surface area contributed by atoms with Crippen LogP contribution in [0, 0.1) is 0 Å². The van der Waals surface area contributed by atoms with Crippen molar-refractivity contribution in [3.8, 4) is 5.75 Å². The maximum absolute atomic E-state index is 12.5. The van der Waals surface area contributed by atoms with Crippen molar-refractivity contribution in [1.82, 2.24) is 15.1 Å². The van der Waals surface area contributed by atoms with E-state index in [4.69, 9.17) is 4.74 Å². The first-order chi connectivity index (χ1) is 13.3. The van der Waals surface area contributed by atoms with E-state index in [2.05, 4.69) is 27.6 Å². The molecule has 0 bridgehead atoms. The van der Waals surface area contributed by atoms with Crippen LogP contribution in [0.2, 0.25) is 0 Å². The second-order valence-electron chi connectivity index (χ2n) is 7.33. The Morgan fingerprint density at radius 3 is 2.74 bits per heavy atom. The second-order valence-corrected chi connectivity index (χ2v) is 7.33. The number of aromatic nitrogens is 2. The lowest BCUT2D eigenvalue weighted by molar-refractivity contribution is -0.134. The lowest BCUT2D eigenvalue weighted by atomic mass is 9.92. The van der Waals surface area contributed by atoms with Gasteiger partial charge in [0.25, 0.3) is 5.91 Å². The highest BCUT2D eigenvalue weighted by Gasteiger charge is 2.23. The van der Waals surface area contributed by atoms with E-state index in [1.807, 2.05) is 23.1 Å². The number of likely N-dealkylation sites (tertiary alicyclic amines) is 1. The van der Waals surface area contributed by atoms with Gasteiger partial charge in [-0.1, -0.05) is 6.07 Å². The van der Waals surface area contributed by atoms with E-state index >= 15 is 0 Å². The van der Waals surface area contributed by atoms with Gasteiger partial charge in [0.2, 0.25) is 0 Å². The summed E-state index contributed by atoms with van der Waals surface area (Å²) in [5, 5.41) is 11.3. The van der Waals surface area contributed by atoms with Crippen molar-refractivity contribution in [2.75, 3.05) is 25.0 Å². The molecule has 2 heterocycles. The Morgan fingerprint density at radius 1 is 1.15 bits per heavy atom. The topological polar surface area (TPSA) is 67.3 Å². The van der Waals surface area contributed by atoms with Crippen molar-refractivity contribution in [3.63, 3.8) is 0 Å². The van der Waals surface area contributed by atoms with Gasteiger partial charge in [-0.15, -0.1) is 5.10 Å². The summed E-state index contributed by atoms with van der Waals surface area (Å²) < 4.78 is 5.78. The van der Waals surface area contributed by atoms with E-state index in [9.17, 15) is 4.79 Å². The number of nitrogens with one attached hydrogen (secondary N) is 1. The van der Waals surface area contributed by atoms with Gasteiger partial charge >= 0.3 is 0 Å². The van der Waals surface area contributed by atoms with Crippen LogP contribution in [0.3, 0.4) is 0 Å². The Morgan fingerprint density at radius 2 is 1.96 bits per heavy atom. The van der Waals surface area contributed by atoms with Crippen LogP contribution in [0.1, 0.15) is 36.8 Å². The summed E-state index contributed by atoms with van der Waals surface area (Å²) in [5.41, 5.74) is 2.81.